The van der Waals surface area contributed by atoms with Gasteiger partial charge in [-0.05, 0) is 61.1 Å². The molecule has 5 nitrogen and oxygen atoms in total. The average Bonchev–Trinajstić information content (AvgIpc) is 3.51. The third-order valence-electron chi connectivity index (χ3n) is 6.37. The highest BCUT2D eigenvalue weighted by atomic mass is 35.5. The molecule has 0 unspecified atom stereocenters. The highest BCUT2D eigenvalue weighted by molar-refractivity contribution is 6.32. The number of rotatable bonds is 6. The zero-order chi connectivity index (χ0) is 21.5. The van der Waals surface area contributed by atoms with Crippen molar-refractivity contribution >= 4 is 34.0 Å². The second-order valence-electron chi connectivity index (χ2n) is 8.55. The number of halogens is 1. The number of anilines is 1. The number of carbonyl (C=O) groups excluding carboxylic acids is 1. The van der Waals surface area contributed by atoms with E-state index in [9.17, 15) is 9.90 Å². The molecule has 2 fully saturated rings. The van der Waals surface area contributed by atoms with Crippen LogP contribution in [0.3, 0.4) is 0 Å². The number of aromatic nitrogens is 1. The van der Waals surface area contributed by atoms with Gasteiger partial charge in [-0.3, -0.25) is 9.78 Å². The Balaban J connectivity index is 1.65. The van der Waals surface area contributed by atoms with E-state index < -0.39 is 0 Å². The highest BCUT2D eigenvalue weighted by Gasteiger charge is 2.33. The first-order valence-corrected chi connectivity index (χ1v) is 11.2. The second-order valence-corrected chi connectivity index (χ2v) is 8.96. The first-order valence-electron chi connectivity index (χ1n) is 10.9. The van der Waals surface area contributed by atoms with Gasteiger partial charge in [0, 0.05) is 23.5 Å². The molecule has 0 amide bonds. The van der Waals surface area contributed by atoms with Gasteiger partial charge in [0.05, 0.1) is 28.9 Å². The molecule has 0 spiro atoms. The van der Waals surface area contributed by atoms with Crippen LogP contribution in [0.4, 0.5) is 5.69 Å². The van der Waals surface area contributed by atoms with E-state index in [4.69, 9.17) is 16.3 Å². The lowest BCUT2D eigenvalue weighted by Crippen LogP contribution is -2.18. The molecule has 2 aliphatic rings. The number of benzene rings is 2. The lowest BCUT2D eigenvalue weighted by atomic mass is 9.98. The Hall–Kier alpha value is -2.79. The van der Waals surface area contributed by atoms with Gasteiger partial charge in [0.2, 0.25) is 0 Å². The highest BCUT2D eigenvalue weighted by Crippen LogP contribution is 2.41. The van der Waals surface area contributed by atoms with Gasteiger partial charge >= 0.3 is 0 Å². The maximum atomic E-state index is 13.0. The number of ether oxygens (including phenoxy) is 1. The Kier molecular flexibility index (Phi) is 5.22. The van der Waals surface area contributed by atoms with Gasteiger partial charge in [-0.15, -0.1) is 0 Å². The van der Waals surface area contributed by atoms with Gasteiger partial charge in [-0.25, -0.2) is 0 Å². The summed E-state index contributed by atoms with van der Waals surface area (Å²) in [6, 6.07) is 9.84. The predicted molar refractivity (Wildman–Crippen MR) is 123 cm³/mol. The number of Topliss-reactive ketones (excluding diaryl/α,β-unsaturated/α-hetero) is 1. The number of hydrogen-bond donors (Lipinski definition) is 2. The molecule has 6 heteroatoms. The SMILES string of the molecule is COc1cc(-c2ccc3ncc(C(=O)C4CC4)c(NC4CCCC4)c3c2)cc(Cl)c1O. The molecule has 2 N–H and O–H groups in total. The summed E-state index contributed by atoms with van der Waals surface area (Å²) in [5.74, 6) is 0.570. The molecule has 0 aliphatic heterocycles. The maximum Gasteiger partial charge on any atom is 0.176 e. The van der Waals surface area contributed by atoms with Gasteiger partial charge in [-0.1, -0.05) is 30.5 Å². The van der Waals surface area contributed by atoms with Crippen molar-refractivity contribution in [1.29, 1.82) is 0 Å². The molecule has 0 radical (unpaired) electrons. The quantitative estimate of drug-likeness (QED) is 0.449. The molecule has 2 aliphatic carbocycles. The lowest BCUT2D eigenvalue weighted by molar-refractivity contribution is 0.0968. The molecule has 2 aromatic carbocycles. The minimum atomic E-state index is -0.0729. The zero-order valence-corrected chi connectivity index (χ0v) is 18.2. The van der Waals surface area contributed by atoms with E-state index in [2.05, 4.69) is 10.3 Å². The summed E-state index contributed by atoms with van der Waals surface area (Å²) in [4.78, 5) is 17.6. The molecule has 1 heterocycles. The third-order valence-corrected chi connectivity index (χ3v) is 6.65. The number of phenols is 1. The topological polar surface area (TPSA) is 71.5 Å². The van der Waals surface area contributed by atoms with Crippen molar-refractivity contribution in [3.63, 3.8) is 0 Å². The number of phenolic OH excluding ortho intramolecular Hbond substituents is 1. The molecule has 2 saturated carbocycles. The van der Waals surface area contributed by atoms with E-state index in [0.29, 0.717) is 17.4 Å². The summed E-state index contributed by atoms with van der Waals surface area (Å²) in [6.45, 7) is 0. The monoisotopic (exact) mass is 436 g/mol. The first kappa shape index (κ1) is 20.1. The standard InChI is InChI=1S/C25H25ClN2O3/c1-31-22-12-16(11-20(26)25(22)30)15-8-9-21-18(10-15)23(28-17-4-2-3-5-17)19(13-27-21)24(29)14-6-7-14/h8-14,17,30H,2-7H2,1H3,(H,27,28). The van der Waals surface area contributed by atoms with Gasteiger partial charge in [0.25, 0.3) is 0 Å². The number of carbonyl (C=O) groups is 1. The van der Waals surface area contributed by atoms with Crippen LogP contribution in [-0.2, 0) is 0 Å². The minimum Gasteiger partial charge on any atom is -0.503 e. The molecule has 5 rings (SSSR count). The zero-order valence-electron chi connectivity index (χ0n) is 17.5. The number of aromatic hydroxyl groups is 1. The number of methoxy groups -OCH3 is 1. The molecule has 3 aromatic rings. The van der Waals surface area contributed by atoms with Crippen LogP contribution in [0.5, 0.6) is 11.5 Å². The van der Waals surface area contributed by atoms with Crippen LogP contribution in [0.15, 0.2) is 36.5 Å². The molecule has 1 aromatic heterocycles. The van der Waals surface area contributed by atoms with Gasteiger partial charge < -0.3 is 15.2 Å². The Bertz CT molecular complexity index is 1170. The number of nitrogens with one attached hydrogen (secondary N) is 1. The number of fused-ring (bicyclic) bond motifs is 1. The van der Waals surface area contributed by atoms with Crippen molar-refractivity contribution in [3.8, 4) is 22.6 Å². The average molecular weight is 437 g/mol. The molecule has 31 heavy (non-hydrogen) atoms. The number of nitrogens with zero attached hydrogens (tertiary/aromatic N) is 1. The Labute approximate surface area is 186 Å². The summed E-state index contributed by atoms with van der Waals surface area (Å²) in [7, 11) is 1.50. The van der Waals surface area contributed by atoms with Crippen LogP contribution >= 0.6 is 11.6 Å². The second kappa shape index (κ2) is 8.04. The van der Waals surface area contributed by atoms with Crippen molar-refractivity contribution in [2.45, 2.75) is 44.6 Å². The van der Waals surface area contributed by atoms with E-state index in [1.165, 1.54) is 20.0 Å². The molecular formula is C25H25ClN2O3. The van der Waals surface area contributed by atoms with Crippen molar-refractivity contribution in [2.24, 2.45) is 5.92 Å². The van der Waals surface area contributed by atoms with E-state index in [0.717, 1.165) is 53.4 Å². The Morgan fingerprint density at radius 2 is 1.90 bits per heavy atom. The van der Waals surface area contributed by atoms with Crippen molar-refractivity contribution in [1.82, 2.24) is 4.98 Å². The van der Waals surface area contributed by atoms with Gasteiger partial charge in [0.1, 0.15) is 0 Å². The van der Waals surface area contributed by atoms with Crippen LogP contribution in [0.1, 0.15) is 48.9 Å². The molecule has 0 saturated heterocycles. The normalized spacial score (nSPS) is 16.6. The van der Waals surface area contributed by atoms with Crippen LogP contribution in [0.2, 0.25) is 5.02 Å². The van der Waals surface area contributed by atoms with Gasteiger partial charge in [-0.2, -0.15) is 0 Å². The van der Waals surface area contributed by atoms with E-state index in [-0.39, 0.29) is 22.5 Å². The van der Waals surface area contributed by atoms with Crippen molar-refractivity contribution in [3.05, 3.63) is 47.1 Å². The fourth-order valence-electron chi connectivity index (χ4n) is 4.45. The maximum absolute atomic E-state index is 13.0. The number of pyridine rings is 1. The number of hydrogen-bond acceptors (Lipinski definition) is 5. The Morgan fingerprint density at radius 1 is 1.13 bits per heavy atom. The van der Waals surface area contributed by atoms with E-state index in [1.54, 1.807) is 18.3 Å². The molecule has 0 bridgehead atoms. The fourth-order valence-corrected chi connectivity index (χ4v) is 4.66. The van der Waals surface area contributed by atoms with Crippen LogP contribution < -0.4 is 10.1 Å². The summed E-state index contributed by atoms with van der Waals surface area (Å²) >= 11 is 6.22. The molecular weight excluding hydrogens is 412 g/mol. The van der Waals surface area contributed by atoms with Gasteiger partial charge in [0.15, 0.2) is 17.3 Å². The summed E-state index contributed by atoms with van der Waals surface area (Å²) < 4.78 is 5.27. The van der Waals surface area contributed by atoms with Crippen LogP contribution in [0, 0.1) is 5.92 Å². The van der Waals surface area contributed by atoms with Crippen molar-refractivity contribution in [2.75, 3.05) is 12.4 Å². The summed E-state index contributed by atoms with van der Waals surface area (Å²) in [5, 5.41) is 14.9. The Morgan fingerprint density at radius 3 is 2.61 bits per heavy atom. The van der Waals surface area contributed by atoms with E-state index in [1.807, 2.05) is 18.2 Å². The molecule has 0 atom stereocenters. The lowest BCUT2D eigenvalue weighted by Gasteiger charge is -2.19. The fraction of sp³-hybridized carbons (Fsp3) is 0.360. The third kappa shape index (κ3) is 3.83. The van der Waals surface area contributed by atoms with Crippen molar-refractivity contribution < 1.29 is 14.6 Å². The van der Waals surface area contributed by atoms with Crippen LogP contribution in [0.25, 0.3) is 22.0 Å². The van der Waals surface area contributed by atoms with E-state index >= 15 is 0 Å². The first-order chi connectivity index (χ1) is 15.0. The number of ketones is 1. The van der Waals surface area contributed by atoms with Crippen LogP contribution in [-0.4, -0.2) is 29.0 Å². The predicted octanol–water partition coefficient (Wildman–Crippen LogP) is 6.22. The summed E-state index contributed by atoms with van der Waals surface area (Å²) in [6.07, 6.45) is 8.32. The summed E-state index contributed by atoms with van der Waals surface area (Å²) in [5.41, 5.74) is 4.17. The smallest absolute Gasteiger partial charge is 0.176 e. The molecule has 160 valence electrons. The minimum absolute atomic E-state index is 0.0729. The largest absolute Gasteiger partial charge is 0.503 e.